The zero-order chi connectivity index (χ0) is 5.70. The van der Waals surface area contributed by atoms with Gasteiger partial charge in [0.15, 0.2) is 0 Å². The van der Waals surface area contributed by atoms with Crippen LogP contribution in [0.1, 0.15) is 26.2 Å². The molecule has 0 aliphatic heterocycles. The van der Waals surface area contributed by atoms with Gasteiger partial charge in [0.25, 0.3) is 0 Å². The molecule has 0 rings (SSSR count). The Morgan fingerprint density at radius 1 is 1.62 bits per heavy atom. The summed E-state index contributed by atoms with van der Waals surface area (Å²) in [6.07, 6.45) is 3.29. The van der Waals surface area contributed by atoms with Crippen LogP contribution in [0.5, 0.6) is 0 Å². The molecule has 0 aliphatic carbocycles. The van der Waals surface area contributed by atoms with Crippen molar-refractivity contribution in [1.82, 2.24) is 0 Å². The van der Waals surface area contributed by atoms with Crippen molar-refractivity contribution >= 4 is 29.0 Å². The zero-order valence-electron chi connectivity index (χ0n) is 5.44. The normalized spacial score (nSPS) is 7.62. The predicted octanol–water partition coefficient (Wildman–Crippen LogP) is -0.945. The molecule has 8 heavy (non-hydrogen) atoms. The van der Waals surface area contributed by atoms with Crippen molar-refractivity contribution in [3.8, 4) is 0 Å². The molecule has 0 saturated carbocycles. The molecule has 0 unspecified atom stereocenters. The van der Waals surface area contributed by atoms with Crippen molar-refractivity contribution in [2.24, 2.45) is 0 Å². The fourth-order valence-electron chi connectivity index (χ4n) is 0.321. The van der Waals surface area contributed by atoms with Crippen LogP contribution in [0.4, 0.5) is 0 Å². The van der Waals surface area contributed by atoms with Gasteiger partial charge in [-0.3, -0.25) is 0 Å². The molecule has 42 valence electrons. The minimum absolute atomic E-state index is 0. The van der Waals surface area contributed by atoms with Gasteiger partial charge in [-0.25, -0.2) is 0 Å². The molecule has 0 aromatic rings. The fraction of sp³-hybridized carbons (Fsp3) is 0.800. The molecule has 0 fully saturated rings. The summed E-state index contributed by atoms with van der Waals surface area (Å²) in [6, 6.07) is 0. The van der Waals surface area contributed by atoms with Gasteiger partial charge >= 0.3 is 29.6 Å². The smallest absolute Gasteiger partial charge is 0.433 e. The Kier molecular flexibility index (Phi) is 12.5. The number of rotatable bonds is 3. The van der Waals surface area contributed by atoms with E-state index < -0.39 is 0 Å². The summed E-state index contributed by atoms with van der Waals surface area (Å²) in [7, 11) is 0. The summed E-state index contributed by atoms with van der Waals surface area (Å²) < 4.78 is 0.724. The number of unbranched alkanes of at least 4 members (excludes halogenated alkanes) is 1. The van der Waals surface area contributed by atoms with Gasteiger partial charge in [0.2, 0.25) is 0 Å². The summed E-state index contributed by atoms with van der Waals surface area (Å²) in [5.41, 5.74) is 0. The van der Waals surface area contributed by atoms with E-state index in [9.17, 15) is 0 Å². The van der Waals surface area contributed by atoms with Gasteiger partial charge in [-0.05, 0) is 6.42 Å². The summed E-state index contributed by atoms with van der Waals surface area (Å²) in [5, 5.41) is 0. The van der Waals surface area contributed by atoms with E-state index in [0.29, 0.717) is 0 Å². The van der Waals surface area contributed by atoms with Gasteiger partial charge < -0.3 is 24.8 Å². The van der Waals surface area contributed by atoms with Crippen LogP contribution in [0.2, 0.25) is 0 Å². The minimum atomic E-state index is 0. The fourth-order valence-corrected chi connectivity index (χ4v) is 0.610. The van der Waals surface area contributed by atoms with Crippen LogP contribution in [0.25, 0.3) is 0 Å². The van der Waals surface area contributed by atoms with Crippen LogP contribution in [0.15, 0.2) is 0 Å². The second-order valence-electron chi connectivity index (χ2n) is 1.48. The first-order chi connectivity index (χ1) is 3.27. The zero-order valence-corrected chi connectivity index (χ0v) is 9.07. The topological polar surface area (TPSA) is 0 Å². The first-order valence-corrected chi connectivity index (χ1v) is 3.29. The molecule has 0 aliphatic rings. The van der Waals surface area contributed by atoms with Crippen molar-refractivity contribution < 1.29 is 29.6 Å². The van der Waals surface area contributed by atoms with Gasteiger partial charge in [0.1, 0.15) is 0 Å². The van der Waals surface area contributed by atoms with E-state index in [1.54, 1.807) is 0 Å². The SMILES string of the molecule is CCCCC(=S)[S-].[Na+]. The van der Waals surface area contributed by atoms with E-state index in [2.05, 4.69) is 31.8 Å². The van der Waals surface area contributed by atoms with E-state index in [0.717, 1.165) is 17.0 Å². The monoisotopic (exact) mass is 156 g/mol. The van der Waals surface area contributed by atoms with Gasteiger partial charge in [0, 0.05) is 0 Å². The molecule has 0 spiro atoms. The molecule has 0 N–H and O–H groups in total. The van der Waals surface area contributed by atoms with E-state index >= 15 is 0 Å². The van der Waals surface area contributed by atoms with Crippen LogP contribution >= 0.6 is 12.2 Å². The molecule has 0 aromatic heterocycles. The molecule has 0 nitrogen and oxygen atoms in total. The van der Waals surface area contributed by atoms with E-state index in [1.165, 1.54) is 6.42 Å². The van der Waals surface area contributed by atoms with Crippen molar-refractivity contribution in [1.29, 1.82) is 0 Å². The summed E-state index contributed by atoms with van der Waals surface area (Å²) in [5.74, 6) is 0. The molecule has 0 aromatic carbocycles. The number of hydrogen-bond acceptors (Lipinski definition) is 2. The quantitative estimate of drug-likeness (QED) is 0.294. The van der Waals surface area contributed by atoms with Crippen LogP contribution in [-0.2, 0) is 12.6 Å². The summed E-state index contributed by atoms with van der Waals surface area (Å²) in [4.78, 5) is 0. The third-order valence-electron chi connectivity index (χ3n) is 0.734. The van der Waals surface area contributed by atoms with Gasteiger partial charge in [-0.1, -0.05) is 19.8 Å². The maximum Gasteiger partial charge on any atom is 1.00 e. The molecule has 0 heterocycles. The summed E-state index contributed by atoms with van der Waals surface area (Å²) in [6.45, 7) is 2.13. The maximum atomic E-state index is 4.68. The standard InChI is InChI=1S/C5H10S2.Na/c1-2-3-4-5(6)7;/h2-4H2,1H3,(H,6,7);/q;+1/p-1. The van der Waals surface area contributed by atoms with Gasteiger partial charge in [0.05, 0.1) is 0 Å². The Morgan fingerprint density at radius 3 is 2.25 bits per heavy atom. The Morgan fingerprint density at radius 2 is 2.12 bits per heavy atom. The van der Waals surface area contributed by atoms with Crippen molar-refractivity contribution in [2.45, 2.75) is 26.2 Å². The Labute approximate surface area is 84.1 Å². The molecular weight excluding hydrogens is 147 g/mol. The Bertz CT molecular complexity index is 63.4. The maximum absolute atomic E-state index is 4.68. The van der Waals surface area contributed by atoms with Crippen LogP contribution in [0.3, 0.4) is 0 Å². The Hall–Kier alpha value is 1.31. The average molecular weight is 156 g/mol. The summed E-state index contributed by atoms with van der Waals surface area (Å²) >= 11 is 9.35. The first kappa shape index (κ1) is 12.0. The molecule has 0 saturated heterocycles. The van der Waals surface area contributed by atoms with Crippen molar-refractivity contribution in [3.05, 3.63) is 0 Å². The van der Waals surface area contributed by atoms with Crippen LogP contribution in [0, 0.1) is 0 Å². The minimum Gasteiger partial charge on any atom is -0.433 e. The van der Waals surface area contributed by atoms with E-state index in [-0.39, 0.29) is 29.6 Å². The Balaban J connectivity index is 0. The van der Waals surface area contributed by atoms with E-state index in [1.807, 2.05) is 0 Å². The second kappa shape index (κ2) is 8.31. The van der Waals surface area contributed by atoms with Gasteiger partial charge in [-0.2, -0.15) is 4.20 Å². The molecule has 0 bridgehead atoms. The van der Waals surface area contributed by atoms with E-state index in [4.69, 9.17) is 0 Å². The molecule has 0 amide bonds. The van der Waals surface area contributed by atoms with Crippen molar-refractivity contribution in [2.75, 3.05) is 0 Å². The van der Waals surface area contributed by atoms with Gasteiger partial charge in [-0.15, -0.1) is 0 Å². The average Bonchev–Trinajstić information content (AvgIpc) is 1.61. The van der Waals surface area contributed by atoms with Crippen LogP contribution < -0.4 is 29.6 Å². The molecule has 3 heteroatoms. The number of thiocarbonyl (C=S) groups is 1. The predicted molar refractivity (Wildman–Crippen MR) is 39.5 cm³/mol. The molecule has 0 atom stereocenters. The van der Waals surface area contributed by atoms with Crippen molar-refractivity contribution in [3.63, 3.8) is 0 Å². The molecule has 0 radical (unpaired) electrons. The second-order valence-corrected chi connectivity index (χ2v) is 2.72. The largest absolute Gasteiger partial charge is 1.00 e. The third kappa shape index (κ3) is 10.3. The van der Waals surface area contributed by atoms with Crippen LogP contribution in [-0.4, -0.2) is 4.20 Å². The number of hydrogen-bond donors (Lipinski definition) is 0. The molecular formula is C5H9NaS2. The first-order valence-electron chi connectivity index (χ1n) is 2.47. The third-order valence-corrected chi connectivity index (χ3v) is 1.14.